The van der Waals surface area contributed by atoms with E-state index in [4.69, 9.17) is 0 Å². The number of hydrogen-bond donors (Lipinski definition) is 0. The maximum atomic E-state index is 3.97. The number of piperazine rings is 1. The highest BCUT2D eigenvalue weighted by molar-refractivity contribution is 5.56. The molecule has 0 aliphatic carbocycles. The largest absolute Gasteiger partial charge is 0.456 e. The van der Waals surface area contributed by atoms with E-state index in [1.165, 1.54) is 16.8 Å². The third-order valence-electron chi connectivity index (χ3n) is 3.29. The molecule has 0 unspecified atom stereocenters. The summed E-state index contributed by atoms with van der Waals surface area (Å²) in [6.45, 7) is 8.69. The van der Waals surface area contributed by atoms with E-state index in [0.29, 0.717) is 0 Å². The topological polar surface area (TPSA) is 6.48 Å². The Bertz CT molecular complexity index is 338. The molecule has 0 saturated carbocycles. The van der Waals surface area contributed by atoms with E-state index in [1.807, 2.05) is 0 Å². The van der Waals surface area contributed by atoms with Crippen LogP contribution in [0.4, 0.5) is 5.69 Å². The van der Waals surface area contributed by atoms with Gasteiger partial charge in [0.05, 0.1) is 0 Å². The minimum absolute atomic E-state index is 1.06. The molecule has 2 heteroatoms. The Morgan fingerprint density at radius 3 is 2.40 bits per heavy atom. The molecule has 0 bridgehead atoms. The maximum Gasteiger partial charge on any atom is 0.0399 e. The Hall–Kier alpha value is -1.02. The van der Waals surface area contributed by atoms with Gasteiger partial charge in [-0.05, 0) is 44.1 Å². The SMILES string of the molecule is [CH2-]N1CCN(c2cccc(C)c2C)CC1. The van der Waals surface area contributed by atoms with Gasteiger partial charge in [-0.2, -0.15) is 0 Å². The van der Waals surface area contributed by atoms with Gasteiger partial charge in [-0.1, -0.05) is 12.1 Å². The van der Waals surface area contributed by atoms with Gasteiger partial charge in [-0.3, -0.25) is 7.05 Å². The van der Waals surface area contributed by atoms with Gasteiger partial charge in [0.25, 0.3) is 0 Å². The molecule has 1 aliphatic rings. The summed E-state index contributed by atoms with van der Waals surface area (Å²) in [6, 6.07) is 6.55. The second-order valence-corrected chi connectivity index (χ2v) is 4.32. The summed E-state index contributed by atoms with van der Waals surface area (Å²) >= 11 is 0. The van der Waals surface area contributed by atoms with Gasteiger partial charge < -0.3 is 9.80 Å². The predicted molar refractivity (Wildman–Crippen MR) is 65.1 cm³/mol. The number of anilines is 1. The minimum Gasteiger partial charge on any atom is -0.456 e. The molecule has 0 radical (unpaired) electrons. The normalized spacial score (nSPS) is 18.2. The maximum absolute atomic E-state index is 3.97. The smallest absolute Gasteiger partial charge is 0.0399 e. The number of hydrogen-bond acceptors (Lipinski definition) is 2. The van der Waals surface area contributed by atoms with Crippen molar-refractivity contribution in [3.63, 3.8) is 0 Å². The van der Waals surface area contributed by atoms with Crippen molar-refractivity contribution >= 4 is 5.69 Å². The number of rotatable bonds is 1. The lowest BCUT2D eigenvalue weighted by molar-refractivity contribution is 0.344. The van der Waals surface area contributed by atoms with Crippen LogP contribution >= 0.6 is 0 Å². The molecule has 1 aliphatic heterocycles. The predicted octanol–water partition coefficient (Wildman–Crippen LogP) is 2.22. The summed E-state index contributed by atoms with van der Waals surface area (Å²) in [5.74, 6) is 0. The first-order chi connectivity index (χ1) is 7.18. The van der Waals surface area contributed by atoms with Crippen LogP contribution in [-0.4, -0.2) is 31.1 Å². The van der Waals surface area contributed by atoms with Crippen LogP contribution in [-0.2, 0) is 0 Å². The fourth-order valence-electron chi connectivity index (χ4n) is 2.07. The van der Waals surface area contributed by atoms with Gasteiger partial charge in [0.1, 0.15) is 0 Å². The van der Waals surface area contributed by atoms with Crippen LogP contribution in [0.2, 0.25) is 0 Å². The lowest BCUT2D eigenvalue weighted by Gasteiger charge is -2.39. The Labute approximate surface area is 92.5 Å². The summed E-state index contributed by atoms with van der Waals surface area (Å²) in [7, 11) is 3.97. The third kappa shape index (κ3) is 2.15. The molecule has 0 spiro atoms. The zero-order valence-corrected chi connectivity index (χ0v) is 9.66. The zero-order chi connectivity index (χ0) is 10.8. The van der Waals surface area contributed by atoms with Gasteiger partial charge >= 0.3 is 0 Å². The van der Waals surface area contributed by atoms with Gasteiger partial charge in [-0.25, -0.2) is 0 Å². The molecule has 1 aromatic rings. The Morgan fingerprint density at radius 1 is 1.07 bits per heavy atom. The molecule has 1 saturated heterocycles. The summed E-state index contributed by atoms with van der Waals surface area (Å²) in [4.78, 5) is 4.60. The van der Waals surface area contributed by atoms with E-state index in [9.17, 15) is 0 Å². The molecule has 0 amide bonds. The molecular weight excluding hydrogens is 184 g/mol. The first-order valence-electron chi connectivity index (χ1n) is 5.55. The average molecular weight is 203 g/mol. The van der Waals surface area contributed by atoms with Gasteiger partial charge in [0, 0.05) is 18.8 Å². The van der Waals surface area contributed by atoms with E-state index < -0.39 is 0 Å². The monoisotopic (exact) mass is 203 g/mol. The standard InChI is InChI=1S/C13H19N2/c1-11-5-4-6-13(12(11)2)15-9-7-14(3)8-10-15/h4-6H,3,7-10H2,1-2H3/q-1. The molecule has 15 heavy (non-hydrogen) atoms. The van der Waals surface area contributed by atoms with Crippen molar-refractivity contribution in [2.24, 2.45) is 0 Å². The van der Waals surface area contributed by atoms with Crippen LogP contribution in [0.1, 0.15) is 11.1 Å². The molecule has 2 rings (SSSR count). The minimum atomic E-state index is 1.06. The molecule has 82 valence electrons. The summed E-state index contributed by atoms with van der Waals surface area (Å²) in [5, 5.41) is 0. The van der Waals surface area contributed by atoms with E-state index in [0.717, 1.165) is 26.2 Å². The lowest BCUT2D eigenvalue weighted by Crippen LogP contribution is -2.43. The lowest BCUT2D eigenvalue weighted by atomic mass is 10.1. The highest BCUT2D eigenvalue weighted by Gasteiger charge is 2.13. The van der Waals surface area contributed by atoms with Crippen LogP contribution in [0.3, 0.4) is 0 Å². The summed E-state index contributed by atoms with van der Waals surface area (Å²) in [6.07, 6.45) is 0. The average Bonchev–Trinajstić information content (AvgIpc) is 2.24. The van der Waals surface area contributed by atoms with Crippen molar-refractivity contribution < 1.29 is 0 Å². The number of benzene rings is 1. The number of aryl methyl sites for hydroxylation is 1. The van der Waals surface area contributed by atoms with Crippen molar-refractivity contribution in [3.8, 4) is 0 Å². The van der Waals surface area contributed by atoms with Crippen LogP contribution in [0.15, 0.2) is 18.2 Å². The molecule has 0 aromatic heterocycles. The van der Waals surface area contributed by atoms with Gasteiger partial charge in [0.2, 0.25) is 0 Å². The van der Waals surface area contributed by atoms with Crippen LogP contribution in [0, 0.1) is 20.9 Å². The molecular formula is C13H19N2-. The van der Waals surface area contributed by atoms with Gasteiger partial charge in [0.15, 0.2) is 0 Å². The van der Waals surface area contributed by atoms with Crippen LogP contribution in [0.25, 0.3) is 0 Å². The Morgan fingerprint density at radius 2 is 1.73 bits per heavy atom. The molecule has 0 N–H and O–H groups in total. The fraction of sp³-hybridized carbons (Fsp3) is 0.462. The Balaban J connectivity index is 2.19. The van der Waals surface area contributed by atoms with Crippen molar-refractivity contribution in [2.75, 3.05) is 31.1 Å². The second kappa shape index (κ2) is 4.23. The molecule has 2 nitrogen and oxygen atoms in total. The summed E-state index contributed by atoms with van der Waals surface area (Å²) in [5.41, 5.74) is 4.18. The Kier molecular flexibility index (Phi) is 2.96. The highest BCUT2D eigenvalue weighted by Crippen LogP contribution is 2.23. The van der Waals surface area contributed by atoms with E-state index in [2.05, 4.69) is 48.9 Å². The fourth-order valence-corrected chi connectivity index (χ4v) is 2.07. The van der Waals surface area contributed by atoms with Crippen molar-refractivity contribution in [2.45, 2.75) is 13.8 Å². The van der Waals surface area contributed by atoms with Gasteiger partial charge in [-0.15, -0.1) is 0 Å². The van der Waals surface area contributed by atoms with Crippen LogP contribution in [0.5, 0.6) is 0 Å². The molecule has 1 aromatic carbocycles. The molecule has 0 atom stereocenters. The van der Waals surface area contributed by atoms with Crippen LogP contribution < -0.4 is 4.90 Å². The van der Waals surface area contributed by atoms with E-state index in [1.54, 1.807) is 0 Å². The first kappa shape index (κ1) is 10.5. The quantitative estimate of drug-likeness (QED) is 0.646. The van der Waals surface area contributed by atoms with Crippen molar-refractivity contribution in [1.29, 1.82) is 0 Å². The van der Waals surface area contributed by atoms with E-state index in [-0.39, 0.29) is 0 Å². The summed E-state index contributed by atoms with van der Waals surface area (Å²) < 4.78 is 0. The first-order valence-corrected chi connectivity index (χ1v) is 5.55. The highest BCUT2D eigenvalue weighted by atomic mass is 15.2. The second-order valence-electron chi connectivity index (χ2n) is 4.32. The number of nitrogens with zero attached hydrogens (tertiary/aromatic N) is 2. The van der Waals surface area contributed by atoms with Crippen molar-refractivity contribution in [1.82, 2.24) is 4.90 Å². The van der Waals surface area contributed by atoms with E-state index >= 15 is 0 Å². The van der Waals surface area contributed by atoms with Crippen molar-refractivity contribution in [3.05, 3.63) is 36.4 Å². The molecule has 1 heterocycles. The molecule has 1 fully saturated rings. The zero-order valence-electron chi connectivity index (χ0n) is 9.66. The third-order valence-corrected chi connectivity index (χ3v) is 3.29.